The summed E-state index contributed by atoms with van der Waals surface area (Å²) < 4.78 is 12.9. The second-order valence-corrected chi connectivity index (χ2v) is 4.20. The van der Waals surface area contributed by atoms with Crippen molar-refractivity contribution in [2.45, 2.75) is 0 Å². The largest absolute Gasteiger partial charge is 0.478 e. The van der Waals surface area contributed by atoms with Gasteiger partial charge >= 0.3 is 5.97 Å². The Morgan fingerprint density at radius 1 is 1.30 bits per heavy atom. The predicted molar refractivity (Wildman–Crippen MR) is 70.6 cm³/mol. The van der Waals surface area contributed by atoms with Gasteiger partial charge in [0.15, 0.2) is 0 Å². The first-order valence-electron chi connectivity index (χ1n) is 5.44. The molecule has 2 N–H and O–H groups in total. The first-order valence-corrected chi connectivity index (χ1v) is 5.81. The Morgan fingerprint density at radius 2 is 2.05 bits per heavy atom. The maximum Gasteiger partial charge on any atom is 0.337 e. The van der Waals surface area contributed by atoms with E-state index in [1.165, 1.54) is 24.3 Å². The Labute approximate surface area is 118 Å². The van der Waals surface area contributed by atoms with Crippen LogP contribution in [0.25, 0.3) is 0 Å². The van der Waals surface area contributed by atoms with Crippen LogP contribution in [0.1, 0.15) is 20.7 Å². The molecule has 0 aliphatic carbocycles. The lowest BCUT2D eigenvalue weighted by molar-refractivity contribution is 0.0698. The number of aromatic carboxylic acids is 1. The molecule has 0 aliphatic rings. The van der Waals surface area contributed by atoms with Gasteiger partial charge in [0, 0.05) is 17.8 Å². The number of rotatable bonds is 3. The van der Waals surface area contributed by atoms with Crippen LogP contribution in [0.3, 0.4) is 0 Å². The Bertz CT molecular complexity index is 691. The number of nitrogens with zero attached hydrogens (tertiary/aromatic N) is 1. The second-order valence-electron chi connectivity index (χ2n) is 3.79. The van der Waals surface area contributed by atoms with Gasteiger partial charge in [0.05, 0.1) is 16.3 Å². The molecule has 0 bridgehead atoms. The van der Waals surface area contributed by atoms with Gasteiger partial charge in [-0.15, -0.1) is 0 Å². The number of carbonyl (C=O) groups is 2. The van der Waals surface area contributed by atoms with E-state index in [1.54, 1.807) is 0 Å². The summed E-state index contributed by atoms with van der Waals surface area (Å²) in [5.74, 6) is -2.72. The van der Waals surface area contributed by atoms with Crippen LogP contribution in [0.4, 0.5) is 10.1 Å². The predicted octanol–water partition coefficient (Wildman–Crippen LogP) is 2.82. The number of benzene rings is 1. The summed E-state index contributed by atoms with van der Waals surface area (Å²) in [6.45, 7) is 0. The van der Waals surface area contributed by atoms with Crippen LogP contribution in [0.15, 0.2) is 36.5 Å². The van der Waals surface area contributed by atoms with Gasteiger partial charge in [0.2, 0.25) is 5.95 Å². The average molecular weight is 295 g/mol. The highest BCUT2D eigenvalue weighted by Crippen LogP contribution is 2.26. The third kappa shape index (κ3) is 2.92. The van der Waals surface area contributed by atoms with Crippen molar-refractivity contribution in [3.8, 4) is 0 Å². The van der Waals surface area contributed by atoms with Crippen molar-refractivity contribution in [2.75, 3.05) is 5.32 Å². The van der Waals surface area contributed by atoms with Crippen LogP contribution in [-0.4, -0.2) is 22.0 Å². The van der Waals surface area contributed by atoms with Crippen molar-refractivity contribution >= 4 is 29.2 Å². The van der Waals surface area contributed by atoms with E-state index < -0.39 is 17.8 Å². The van der Waals surface area contributed by atoms with Gasteiger partial charge in [0.25, 0.3) is 5.91 Å². The minimum atomic E-state index is -1.23. The van der Waals surface area contributed by atoms with Gasteiger partial charge in [-0.05, 0) is 18.2 Å². The number of anilines is 1. The SMILES string of the molecule is O=C(Nc1c(Cl)cccc1C(=O)O)c1ccnc(F)c1. The summed E-state index contributed by atoms with van der Waals surface area (Å²) in [6.07, 6.45) is 1.13. The number of amides is 1. The Balaban J connectivity index is 2.35. The zero-order valence-electron chi connectivity index (χ0n) is 9.93. The molecule has 1 aromatic carbocycles. The highest BCUT2D eigenvalue weighted by atomic mass is 35.5. The summed E-state index contributed by atoms with van der Waals surface area (Å²) >= 11 is 5.87. The molecule has 0 saturated carbocycles. The molecule has 2 rings (SSSR count). The lowest BCUT2D eigenvalue weighted by Gasteiger charge is -2.10. The van der Waals surface area contributed by atoms with E-state index in [1.807, 2.05) is 0 Å². The fourth-order valence-corrected chi connectivity index (χ4v) is 1.78. The lowest BCUT2D eigenvalue weighted by Crippen LogP contribution is -2.15. The van der Waals surface area contributed by atoms with E-state index >= 15 is 0 Å². The number of carbonyl (C=O) groups excluding carboxylic acids is 1. The number of halogens is 2. The standard InChI is InChI=1S/C13H8ClFN2O3/c14-9-3-1-2-8(13(19)20)11(9)17-12(18)7-4-5-16-10(15)6-7/h1-6H,(H,17,18)(H,19,20). The number of para-hydroxylation sites is 1. The Hall–Kier alpha value is -2.47. The zero-order chi connectivity index (χ0) is 14.7. The van der Waals surface area contributed by atoms with E-state index in [4.69, 9.17) is 16.7 Å². The van der Waals surface area contributed by atoms with Crippen LogP contribution >= 0.6 is 11.6 Å². The molecule has 0 radical (unpaired) electrons. The molecule has 0 saturated heterocycles. The first-order chi connectivity index (χ1) is 9.49. The number of hydrogen-bond donors (Lipinski definition) is 2. The Morgan fingerprint density at radius 3 is 2.70 bits per heavy atom. The molecule has 0 atom stereocenters. The first kappa shape index (κ1) is 14.0. The van der Waals surface area contributed by atoms with Crippen molar-refractivity contribution in [3.63, 3.8) is 0 Å². The van der Waals surface area contributed by atoms with Crippen molar-refractivity contribution in [3.05, 3.63) is 58.6 Å². The van der Waals surface area contributed by atoms with Crippen molar-refractivity contribution in [1.29, 1.82) is 0 Å². The van der Waals surface area contributed by atoms with Gasteiger partial charge in [-0.25, -0.2) is 9.78 Å². The molecule has 0 aliphatic heterocycles. The molecule has 102 valence electrons. The molecule has 0 spiro atoms. The molecular weight excluding hydrogens is 287 g/mol. The van der Waals surface area contributed by atoms with Crippen molar-refractivity contribution in [1.82, 2.24) is 4.98 Å². The molecule has 2 aromatic rings. The summed E-state index contributed by atoms with van der Waals surface area (Å²) in [5.41, 5.74) is -0.182. The highest BCUT2D eigenvalue weighted by molar-refractivity contribution is 6.34. The molecule has 0 fully saturated rings. The maximum atomic E-state index is 12.9. The molecule has 1 amide bonds. The van der Waals surface area contributed by atoms with E-state index in [0.717, 1.165) is 12.3 Å². The average Bonchev–Trinajstić information content (AvgIpc) is 2.40. The minimum Gasteiger partial charge on any atom is -0.478 e. The second kappa shape index (κ2) is 5.66. The number of nitrogens with one attached hydrogen (secondary N) is 1. The van der Waals surface area contributed by atoms with E-state index in [0.29, 0.717) is 0 Å². The van der Waals surface area contributed by atoms with Gasteiger partial charge in [-0.2, -0.15) is 4.39 Å². The zero-order valence-corrected chi connectivity index (χ0v) is 10.7. The summed E-state index contributed by atoms with van der Waals surface area (Å²) in [5, 5.41) is 11.5. The molecular formula is C13H8ClFN2O3. The highest BCUT2D eigenvalue weighted by Gasteiger charge is 2.16. The summed E-state index contributed by atoms with van der Waals surface area (Å²) in [4.78, 5) is 26.3. The number of pyridine rings is 1. The number of carboxylic acid groups (broad SMARTS) is 1. The fourth-order valence-electron chi connectivity index (χ4n) is 1.56. The molecule has 1 aromatic heterocycles. The minimum absolute atomic E-state index is 0.00811. The number of carboxylic acids is 1. The smallest absolute Gasteiger partial charge is 0.337 e. The van der Waals surface area contributed by atoms with Crippen molar-refractivity contribution < 1.29 is 19.1 Å². The lowest BCUT2D eigenvalue weighted by atomic mass is 10.1. The molecule has 20 heavy (non-hydrogen) atoms. The van der Waals surface area contributed by atoms with Crippen LogP contribution < -0.4 is 5.32 Å². The number of hydrogen-bond acceptors (Lipinski definition) is 3. The van der Waals surface area contributed by atoms with Gasteiger partial charge in [-0.3, -0.25) is 4.79 Å². The Kier molecular flexibility index (Phi) is 3.95. The van der Waals surface area contributed by atoms with E-state index in [9.17, 15) is 14.0 Å². The van der Waals surface area contributed by atoms with Crippen LogP contribution in [0.5, 0.6) is 0 Å². The topological polar surface area (TPSA) is 79.3 Å². The normalized spacial score (nSPS) is 10.1. The molecule has 5 nitrogen and oxygen atoms in total. The van der Waals surface area contributed by atoms with Gasteiger partial charge < -0.3 is 10.4 Å². The molecule has 1 heterocycles. The van der Waals surface area contributed by atoms with Crippen molar-refractivity contribution in [2.24, 2.45) is 0 Å². The fraction of sp³-hybridized carbons (Fsp3) is 0. The summed E-state index contributed by atoms with van der Waals surface area (Å²) in [7, 11) is 0. The monoisotopic (exact) mass is 294 g/mol. The van der Waals surface area contributed by atoms with E-state index in [-0.39, 0.29) is 21.8 Å². The maximum absolute atomic E-state index is 12.9. The van der Waals surface area contributed by atoms with Gasteiger partial charge in [-0.1, -0.05) is 17.7 Å². The molecule has 0 unspecified atom stereocenters. The third-order valence-electron chi connectivity index (χ3n) is 2.47. The van der Waals surface area contributed by atoms with Crippen LogP contribution in [0.2, 0.25) is 5.02 Å². The third-order valence-corrected chi connectivity index (χ3v) is 2.79. The van der Waals surface area contributed by atoms with Crippen LogP contribution in [0, 0.1) is 5.95 Å². The van der Waals surface area contributed by atoms with Crippen LogP contribution in [-0.2, 0) is 0 Å². The quantitative estimate of drug-likeness (QED) is 0.853. The molecule has 7 heteroatoms. The summed E-state index contributed by atoms with van der Waals surface area (Å²) in [6, 6.07) is 6.43. The van der Waals surface area contributed by atoms with Gasteiger partial charge in [0.1, 0.15) is 0 Å². The van der Waals surface area contributed by atoms with E-state index in [2.05, 4.69) is 10.3 Å². The number of aromatic nitrogens is 1.